The lowest BCUT2D eigenvalue weighted by atomic mass is 10.1. The fraction of sp³-hybridized carbons (Fsp3) is 0.684. The van der Waals surface area contributed by atoms with Crippen LogP contribution >= 0.6 is 24.2 Å². The number of nitrogens with zero attached hydrogens (tertiary/aromatic N) is 3. The van der Waals surface area contributed by atoms with Gasteiger partial charge in [0.05, 0.1) is 11.5 Å². The molecule has 5 rings (SSSR count). The first kappa shape index (κ1) is 18.9. The van der Waals surface area contributed by atoms with Gasteiger partial charge in [0, 0.05) is 18.0 Å². The molecule has 7 nitrogen and oxygen atoms in total. The largest absolute Gasteiger partial charge is 0.367 e. The summed E-state index contributed by atoms with van der Waals surface area (Å²) in [6.45, 7) is 3.85. The Hall–Kier alpha value is -1.06. The highest BCUT2D eigenvalue weighted by atomic mass is 35.5. The molecule has 1 aliphatic carbocycles. The maximum atomic E-state index is 6.27. The fourth-order valence-corrected chi connectivity index (χ4v) is 5.07. The normalized spacial score (nSPS) is 32.3. The smallest absolute Gasteiger partial charge is 0.226 e. The van der Waals surface area contributed by atoms with E-state index < -0.39 is 5.79 Å². The van der Waals surface area contributed by atoms with Crippen LogP contribution in [0.1, 0.15) is 45.8 Å². The minimum atomic E-state index is -0.649. The van der Waals surface area contributed by atoms with Gasteiger partial charge in [0.15, 0.2) is 12.0 Å². The van der Waals surface area contributed by atoms with Gasteiger partial charge >= 0.3 is 0 Å². The van der Waals surface area contributed by atoms with Crippen LogP contribution in [0.15, 0.2) is 12.3 Å². The zero-order valence-corrected chi connectivity index (χ0v) is 17.6. The Balaban J connectivity index is 1.52. The maximum absolute atomic E-state index is 6.27. The van der Waals surface area contributed by atoms with Gasteiger partial charge in [-0.1, -0.05) is 12.8 Å². The van der Waals surface area contributed by atoms with E-state index in [2.05, 4.69) is 27.9 Å². The molecule has 4 atom stereocenters. The van der Waals surface area contributed by atoms with Gasteiger partial charge in [0.1, 0.15) is 23.7 Å². The first-order valence-electron chi connectivity index (χ1n) is 9.88. The Morgan fingerprint density at radius 2 is 2.00 bits per heavy atom. The number of hydrogen-bond acceptors (Lipinski definition) is 7. The van der Waals surface area contributed by atoms with Crippen LogP contribution in [0.3, 0.4) is 0 Å². The first-order valence-corrected chi connectivity index (χ1v) is 10.9. The van der Waals surface area contributed by atoms with Gasteiger partial charge in [0.25, 0.3) is 0 Å². The van der Waals surface area contributed by atoms with Crippen LogP contribution in [0.25, 0.3) is 11.0 Å². The average molecular weight is 425 g/mol. The molecule has 3 aliphatic rings. The summed E-state index contributed by atoms with van der Waals surface area (Å²) < 4.78 is 20.5. The van der Waals surface area contributed by atoms with Gasteiger partial charge in [-0.3, -0.25) is 0 Å². The molecule has 1 saturated carbocycles. The van der Waals surface area contributed by atoms with Crippen LogP contribution in [0.5, 0.6) is 0 Å². The minimum Gasteiger partial charge on any atom is -0.367 e. The number of hydrogen-bond donors (Lipinski definition) is 2. The molecule has 0 amide bonds. The molecular weight excluding hydrogens is 400 g/mol. The number of aromatic nitrogens is 3. The highest BCUT2D eigenvalue weighted by Gasteiger charge is 2.55. The second-order valence-corrected chi connectivity index (χ2v) is 8.94. The van der Waals surface area contributed by atoms with Crippen molar-refractivity contribution in [2.75, 3.05) is 11.1 Å². The van der Waals surface area contributed by atoms with Crippen LogP contribution in [-0.2, 0) is 14.2 Å². The number of thiol groups is 1. The molecule has 4 heterocycles. The van der Waals surface area contributed by atoms with E-state index in [-0.39, 0.29) is 29.8 Å². The van der Waals surface area contributed by atoms with Crippen molar-refractivity contribution < 1.29 is 14.2 Å². The van der Waals surface area contributed by atoms with E-state index in [9.17, 15) is 0 Å². The number of nitrogens with one attached hydrogen (secondary N) is 1. The van der Waals surface area contributed by atoms with Gasteiger partial charge in [-0.05, 0) is 44.4 Å². The molecule has 0 unspecified atom stereocenters. The highest BCUT2D eigenvalue weighted by molar-refractivity contribution is 7.80. The summed E-state index contributed by atoms with van der Waals surface area (Å²) in [5.74, 6) is 0.689. The SMILES string of the molecule is CC1(C)O[C@@H]2[C@H](O1)[C@@H](CS)O[C@H]2n1ccc2c(NC3CCCC3)nc(Cl)nc21. The minimum absolute atomic E-state index is 0.147. The van der Waals surface area contributed by atoms with Gasteiger partial charge in [0.2, 0.25) is 5.28 Å². The van der Waals surface area contributed by atoms with E-state index in [1.54, 1.807) is 0 Å². The first-order chi connectivity index (χ1) is 13.4. The van der Waals surface area contributed by atoms with Crippen molar-refractivity contribution in [1.29, 1.82) is 0 Å². The van der Waals surface area contributed by atoms with Crippen molar-refractivity contribution in [2.45, 2.75) is 75.9 Å². The number of anilines is 1. The van der Waals surface area contributed by atoms with Crippen LogP contribution in [0.2, 0.25) is 5.28 Å². The zero-order chi connectivity index (χ0) is 19.5. The van der Waals surface area contributed by atoms with Crippen LogP contribution in [-0.4, -0.2) is 50.4 Å². The number of halogens is 1. The molecule has 2 aromatic rings. The number of ether oxygens (including phenoxy) is 3. The Labute approximate surface area is 174 Å². The average Bonchev–Trinajstić information content (AvgIpc) is 3.38. The van der Waals surface area contributed by atoms with E-state index in [1.807, 2.05) is 30.7 Å². The molecule has 1 N–H and O–H groups in total. The molecule has 2 saturated heterocycles. The van der Waals surface area contributed by atoms with E-state index in [0.717, 1.165) is 29.7 Å². The summed E-state index contributed by atoms with van der Waals surface area (Å²) in [4.78, 5) is 8.94. The summed E-state index contributed by atoms with van der Waals surface area (Å²) in [6.07, 6.45) is 5.87. The molecule has 0 spiro atoms. The predicted molar refractivity (Wildman–Crippen MR) is 110 cm³/mol. The highest BCUT2D eigenvalue weighted by Crippen LogP contribution is 2.44. The van der Waals surface area contributed by atoms with E-state index in [4.69, 9.17) is 25.8 Å². The third kappa shape index (κ3) is 3.19. The molecule has 152 valence electrons. The summed E-state index contributed by atoms with van der Waals surface area (Å²) in [5.41, 5.74) is 0.734. The third-order valence-corrected chi connectivity index (χ3v) is 6.35. The molecule has 9 heteroatoms. The fourth-order valence-electron chi connectivity index (χ4n) is 4.62. The molecule has 2 aliphatic heterocycles. The van der Waals surface area contributed by atoms with Crippen molar-refractivity contribution in [2.24, 2.45) is 0 Å². The van der Waals surface area contributed by atoms with Gasteiger partial charge in [-0.2, -0.15) is 17.6 Å². The lowest BCUT2D eigenvalue weighted by molar-refractivity contribution is -0.193. The summed E-state index contributed by atoms with van der Waals surface area (Å²) >= 11 is 10.7. The topological polar surface area (TPSA) is 70.4 Å². The van der Waals surface area contributed by atoms with E-state index >= 15 is 0 Å². The second kappa shape index (κ2) is 7.02. The monoisotopic (exact) mass is 424 g/mol. The Morgan fingerprint density at radius 1 is 1.25 bits per heavy atom. The summed E-state index contributed by atoms with van der Waals surface area (Å²) in [6, 6.07) is 2.45. The molecule has 0 aromatic carbocycles. The van der Waals surface area contributed by atoms with Crippen molar-refractivity contribution >= 4 is 41.1 Å². The lowest BCUT2D eigenvalue weighted by Gasteiger charge is -2.24. The molecule has 28 heavy (non-hydrogen) atoms. The van der Waals surface area contributed by atoms with E-state index in [1.165, 1.54) is 12.8 Å². The van der Waals surface area contributed by atoms with Gasteiger partial charge in [-0.15, -0.1) is 0 Å². The van der Waals surface area contributed by atoms with Crippen LogP contribution in [0.4, 0.5) is 5.82 Å². The number of fused-ring (bicyclic) bond motifs is 2. The molecular formula is C19H25ClN4O3S. The van der Waals surface area contributed by atoms with Crippen LogP contribution < -0.4 is 5.32 Å². The standard InChI is InChI=1S/C19H25ClN4O3S/c1-19(2)26-13-12(9-28)25-17(14(13)27-19)24-8-7-11-15(21-10-5-3-4-6-10)22-18(20)23-16(11)24/h7-8,10,12-14,17,28H,3-6,9H2,1-2H3,(H,21,22,23)/t12-,13-,14-,17-/m1/s1. The second-order valence-electron chi connectivity index (χ2n) is 8.24. The molecule has 0 bridgehead atoms. The Bertz CT molecular complexity index is 885. The van der Waals surface area contributed by atoms with Crippen LogP contribution in [0, 0.1) is 0 Å². The quantitative estimate of drug-likeness (QED) is 0.574. The molecule has 2 aromatic heterocycles. The summed E-state index contributed by atoms with van der Waals surface area (Å²) in [7, 11) is 0. The predicted octanol–water partition coefficient (Wildman–Crippen LogP) is 3.79. The van der Waals surface area contributed by atoms with Crippen molar-refractivity contribution in [1.82, 2.24) is 14.5 Å². The van der Waals surface area contributed by atoms with Crippen molar-refractivity contribution in [3.63, 3.8) is 0 Å². The van der Waals surface area contributed by atoms with Gasteiger partial charge in [-0.25, -0.2) is 4.98 Å². The Kier molecular flexibility index (Phi) is 4.75. The van der Waals surface area contributed by atoms with E-state index in [0.29, 0.717) is 11.8 Å². The van der Waals surface area contributed by atoms with Crippen molar-refractivity contribution in [3.8, 4) is 0 Å². The summed E-state index contributed by atoms with van der Waals surface area (Å²) in [5, 5.41) is 4.70. The lowest BCUT2D eigenvalue weighted by Crippen LogP contribution is -2.30. The zero-order valence-electron chi connectivity index (χ0n) is 16.0. The Morgan fingerprint density at radius 3 is 2.75 bits per heavy atom. The molecule has 3 fully saturated rings. The number of rotatable bonds is 4. The third-order valence-electron chi connectivity index (χ3n) is 5.82. The maximum Gasteiger partial charge on any atom is 0.226 e. The van der Waals surface area contributed by atoms with Crippen molar-refractivity contribution in [3.05, 3.63) is 17.5 Å². The molecule has 0 radical (unpaired) electrons. The van der Waals surface area contributed by atoms with Gasteiger partial charge < -0.3 is 24.1 Å².